The smallest absolute Gasteiger partial charge is 0.384 e. The number of alkyl halides is 3. The third-order valence-corrected chi connectivity index (χ3v) is 6.14. The van der Waals surface area contributed by atoms with E-state index in [4.69, 9.17) is 4.74 Å². The predicted octanol–water partition coefficient (Wildman–Crippen LogP) is 5.11. The van der Waals surface area contributed by atoms with Crippen molar-refractivity contribution in [1.29, 1.82) is 0 Å². The SMILES string of the molecule is COCC1CCCCN(Cc2cc3c(c(C(F)(F)F)c2)CN(c2ccccc2)C3=O)C1. The molecule has 0 bridgehead atoms. The number of anilines is 1. The van der Waals surface area contributed by atoms with E-state index in [0.717, 1.165) is 32.4 Å². The van der Waals surface area contributed by atoms with Gasteiger partial charge in [0.05, 0.1) is 18.7 Å². The van der Waals surface area contributed by atoms with Crippen LogP contribution in [-0.2, 0) is 24.0 Å². The second kappa shape index (κ2) is 9.01. The van der Waals surface area contributed by atoms with Crippen molar-refractivity contribution in [2.45, 2.75) is 38.5 Å². The van der Waals surface area contributed by atoms with Gasteiger partial charge in [-0.25, -0.2) is 0 Å². The van der Waals surface area contributed by atoms with E-state index in [1.54, 1.807) is 37.4 Å². The molecule has 4 rings (SSSR count). The second-order valence-electron chi connectivity index (χ2n) is 8.45. The van der Waals surface area contributed by atoms with Crippen LogP contribution in [-0.4, -0.2) is 37.6 Å². The van der Waals surface area contributed by atoms with Crippen molar-refractivity contribution in [3.8, 4) is 0 Å². The Morgan fingerprint density at radius 2 is 1.90 bits per heavy atom. The molecule has 0 spiro atoms. The lowest BCUT2D eigenvalue weighted by atomic mass is 9.98. The number of benzene rings is 2. The van der Waals surface area contributed by atoms with E-state index < -0.39 is 11.7 Å². The fourth-order valence-corrected chi connectivity index (χ4v) is 4.72. The fourth-order valence-electron chi connectivity index (χ4n) is 4.72. The number of likely N-dealkylation sites (tertiary alicyclic amines) is 1. The first-order valence-corrected chi connectivity index (χ1v) is 10.7. The van der Waals surface area contributed by atoms with E-state index in [-0.39, 0.29) is 23.6 Å². The maximum absolute atomic E-state index is 13.9. The maximum atomic E-state index is 13.9. The minimum absolute atomic E-state index is 0.0626. The largest absolute Gasteiger partial charge is 0.416 e. The maximum Gasteiger partial charge on any atom is 0.416 e. The summed E-state index contributed by atoms with van der Waals surface area (Å²) < 4.78 is 47.1. The van der Waals surface area contributed by atoms with Gasteiger partial charge in [-0.2, -0.15) is 13.2 Å². The Hall–Kier alpha value is -2.38. The number of halogens is 3. The fraction of sp³-hybridized carbons (Fsp3) is 0.458. The Morgan fingerprint density at radius 1 is 1.13 bits per heavy atom. The molecule has 0 N–H and O–H groups in total. The standard InChI is InChI=1S/C24H27F3N2O2/c1-31-16-17-7-5-6-10-28(13-17)14-18-11-20-21(22(12-18)24(25,26)27)15-29(23(20)30)19-8-3-2-4-9-19/h2-4,8-9,11-12,17H,5-7,10,13-16H2,1H3. The van der Waals surface area contributed by atoms with Crippen LogP contribution >= 0.6 is 0 Å². The number of para-hydroxylation sites is 1. The van der Waals surface area contributed by atoms with Crippen molar-refractivity contribution in [2.75, 3.05) is 31.7 Å². The zero-order chi connectivity index (χ0) is 22.0. The molecule has 7 heteroatoms. The van der Waals surface area contributed by atoms with Crippen LogP contribution in [0.4, 0.5) is 18.9 Å². The summed E-state index contributed by atoms with van der Waals surface area (Å²) in [6.07, 6.45) is -1.34. The minimum atomic E-state index is -4.51. The Kier molecular flexibility index (Phi) is 6.34. The molecule has 0 aliphatic carbocycles. The molecule has 2 aromatic rings. The van der Waals surface area contributed by atoms with Gasteiger partial charge in [-0.1, -0.05) is 24.6 Å². The molecule has 0 aromatic heterocycles. The summed E-state index contributed by atoms with van der Waals surface area (Å²) in [5.74, 6) is 0.000828. The topological polar surface area (TPSA) is 32.8 Å². The van der Waals surface area contributed by atoms with Crippen molar-refractivity contribution in [2.24, 2.45) is 5.92 Å². The zero-order valence-corrected chi connectivity index (χ0v) is 17.6. The molecule has 1 fully saturated rings. The third kappa shape index (κ3) is 4.77. The highest BCUT2D eigenvalue weighted by Gasteiger charge is 2.40. The van der Waals surface area contributed by atoms with Crippen molar-refractivity contribution in [3.63, 3.8) is 0 Å². The number of hydrogen-bond acceptors (Lipinski definition) is 3. The first kappa shape index (κ1) is 21.8. The van der Waals surface area contributed by atoms with Crippen LogP contribution in [0, 0.1) is 5.92 Å². The lowest BCUT2D eigenvalue weighted by molar-refractivity contribution is -0.138. The number of methoxy groups -OCH3 is 1. The average Bonchev–Trinajstić information content (AvgIpc) is 2.91. The number of ether oxygens (including phenoxy) is 1. The van der Waals surface area contributed by atoms with Crippen LogP contribution < -0.4 is 4.90 Å². The Bertz CT molecular complexity index is 930. The lowest BCUT2D eigenvalue weighted by Crippen LogP contribution is -2.30. The van der Waals surface area contributed by atoms with Crippen LogP contribution in [0.5, 0.6) is 0 Å². The second-order valence-corrected chi connectivity index (χ2v) is 8.45. The molecule has 4 nitrogen and oxygen atoms in total. The van der Waals surface area contributed by atoms with Gasteiger partial charge >= 0.3 is 6.18 Å². The van der Waals surface area contributed by atoms with E-state index in [1.807, 2.05) is 6.07 Å². The van der Waals surface area contributed by atoms with Gasteiger partial charge < -0.3 is 9.64 Å². The molecular formula is C24H27F3N2O2. The highest BCUT2D eigenvalue weighted by molar-refractivity contribution is 6.10. The van der Waals surface area contributed by atoms with Crippen LogP contribution in [0.3, 0.4) is 0 Å². The highest BCUT2D eigenvalue weighted by Crippen LogP contribution is 2.39. The third-order valence-electron chi connectivity index (χ3n) is 6.14. The zero-order valence-electron chi connectivity index (χ0n) is 17.6. The van der Waals surface area contributed by atoms with Crippen LogP contribution in [0.25, 0.3) is 0 Å². The number of nitrogens with zero attached hydrogens (tertiary/aromatic N) is 2. The lowest BCUT2D eigenvalue weighted by Gasteiger charge is -2.24. The van der Waals surface area contributed by atoms with Gasteiger partial charge in [0.25, 0.3) is 5.91 Å². The summed E-state index contributed by atoms with van der Waals surface area (Å²) in [6.45, 7) is 2.61. The Morgan fingerprint density at radius 3 is 2.61 bits per heavy atom. The van der Waals surface area contributed by atoms with E-state index in [1.165, 1.54) is 11.0 Å². The van der Waals surface area contributed by atoms with E-state index in [0.29, 0.717) is 30.3 Å². The van der Waals surface area contributed by atoms with Gasteiger partial charge in [0, 0.05) is 31.5 Å². The molecule has 0 radical (unpaired) electrons. The first-order valence-electron chi connectivity index (χ1n) is 10.7. The van der Waals surface area contributed by atoms with E-state index in [9.17, 15) is 18.0 Å². The molecule has 1 atom stereocenters. The normalized spacial score (nSPS) is 20.1. The summed E-state index contributed by atoms with van der Waals surface area (Å²) in [6, 6.07) is 11.7. The molecule has 1 saturated heterocycles. The van der Waals surface area contributed by atoms with Crippen molar-refractivity contribution in [1.82, 2.24) is 4.90 Å². The summed E-state index contributed by atoms with van der Waals surface area (Å²) in [5.41, 5.74) is 0.672. The van der Waals surface area contributed by atoms with Crippen molar-refractivity contribution in [3.05, 3.63) is 64.7 Å². The Balaban J connectivity index is 1.64. The summed E-state index contributed by atoms with van der Waals surface area (Å²) >= 11 is 0. The van der Waals surface area contributed by atoms with Crippen LogP contribution in [0.2, 0.25) is 0 Å². The summed E-state index contributed by atoms with van der Waals surface area (Å²) in [5, 5.41) is 0. The molecule has 166 valence electrons. The molecule has 2 heterocycles. The molecular weight excluding hydrogens is 405 g/mol. The van der Waals surface area contributed by atoms with E-state index >= 15 is 0 Å². The van der Waals surface area contributed by atoms with Crippen molar-refractivity contribution < 1.29 is 22.7 Å². The van der Waals surface area contributed by atoms with Gasteiger partial charge in [0.1, 0.15) is 0 Å². The number of carbonyl (C=O) groups is 1. The van der Waals surface area contributed by atoms with Gasteiger partial charge in [-0.3, -0.25) is 9.69 Å². The molecule has 1 amide bonds. The van der Waals surface area contributed by atoms with Gasteiger partial charge in [-0.05, 0) is 60.7 Å². The highest BCUT2D eigenvalue weighted by atomic mass is 19.4. The summed E-state index contributed by atoms with van der Waals surface area (Å²) in [7, 11) is 1.68. The number of hydrogen-bond donors (Lipinski definition) is 0. The van der Waals surface area contributed by atoms with Crippen LogP contribution in [0.15, 0.2) is 42.5 Å². The molecule has 2 aliphatic rings. The molecule has 2 aliphatic heterocycles. The van der Waals surface area contributed by atoms with Gasteiger partial charge in [-0.15, -0.1) is 0 Å². The quantitative estimate of drug-likeness (QED) is 0.658. The monoisotopic (exact) mass is 432 g/mol. The van der Waals surface area contributed by atoms with E-state index in [2.05, 4.69) is 4.90 Å². The number of amides is 1. The van der Waals surface area contributed by atoms with Gasteiger partial charge in [0.15, 0.2) is 0 Å². The first-order chi connectivity index (χ1) is 14.9. The average molecular weight is 432 g/mol. The summed E-state index contributed by atoms with van der Waals surface area (Å²) in [4.78, 5) is 16.6. The molecule has 0 saturated carbocycles. The minimum Gasteiger partial charge on any atom is -0.384 e. The molecule has 31 heavy (non-hydrogen) atoms. The van der Waals surface area contributed by atoms with Crippen molar-refractivity contribution >= 4 is 11.6 Å². The molecule has 1 unspecified atom stereocenters. The number of carbonyl (C=O) groups excluding carboxylic acids is 1. The van der Waals surface area contributed by atoms with Crippen LogP contribution in [0.1, 0.15) is 46.3 Å². The predicted molar refractivity (Wildman–Crippen MR) is 113 cm³/mol. The number of fused-ring (bicyclic) bond motifs is 1. The Labute approximate surface area is 180 Å². The van der Waals surface area contributed by atoms with Gasteiger partial charge in [0.2, 0.25) is 0 Å². The number of rotatable bonds is 5. The molecule has 2 aromatic carbocycles.